The van der Waals surface area contributed by atoms with Gasteiger partial charge in [0, 0.05) is 6.54 Å². The first-order valence-electron chi connectivity index (χ1n) is 4.04. The van der Waals surface area contributed by atoms with Gasteiger partial charge < -0.3 is 4.74 Å². The molecule has 0 fully saturated rings. The van der Waals surface area contributed by atoms with Crippen molar-refractivity contribution in [3.8, 4) is 0 Å². The van der Waals surface area contributed by atoms with Gasteiger partial charge >= 0.3 is 0 Å². The standard InChI is InChI=1S/C9H12N2O/c10-11-5-9-8-4-2-1-3-7(8)6-12-9/h1-4,9,11H,5-6,10H2. The predicted octanol–water partition coefficient (Wildman–Crippen LogP) is 0.721. The van der Waals surface area contributed by atoms with Crippen molar-refractivity contribution in [3.05, 3.63) is 35.4 Å². The van der Waals surface area contributed by atoms with Crippen molar-refractivity contribution in [1.82, 2.24) is 5.43 Å². The Hall–Kier alpha value is -0.900. The Morgan fingerprint density at radius 1 is 1.50 bits per heavy atom. The van der Waals surface area contributed by atoms with E-state index in [9.17, 15) is 0 Å². The van der Waals surface area contributed by atoms with Crippen LogP contribution in [0.3, 0.4) is 0 Å². The van der Waals surface area contributed by atoms with Gasteiger partial charge in [0.15, 0.2) is 0 Å². The van der Waals surface area contributed by atoms with E-state index < -0.39 is 0 Å². The molecule has 2 rings (SSSR count). The second-order valence-electron chi connectivity index (χ2n) is 2.91. The summed E-state index contributed by atoms with van der Waals surface area (Å²) in [5, 5.41) is 0. The normalized spacial score (nSPS) is 20.9. The largest absolute Gasteiger partial charge is 0.367 e. The van der Waals surface area contributed by atoms with E-state index in [1.165, 1.54) is 11.1 Å². The first-order valence-corrected chi connectivity index (χ1v) is 4.04. The SMILES string of the molecule is NNCC1OCc2ccccc21. The van der Waals surface area contributed by atoms with Crippen molar-refractivity contribution in [2.24, 2.45) is 5.84 Å². The molecule has 1 unspecified atom stereocenters. The first-order chi connectivity index (χ1) is 5.92. The maximum atomic E-state index is 5.52. The summed E-state index contributed by atoms with van der Waals surface area (Å²) < 4.78 is 5.52. The fourth-order valence-electron chi connectivity index (χ4n) is 1.54. The summed E-state index contributed by atoms with van der Waals surface area (Å²) >= 11 is 0. The molecule has 1 aliphatic rings. The van der Waals surface area contributed by atoms with Gasteiger partial charge in [0.25, 0.3) is 0 Å². The minimum atomic E-state index is 0.131. The second-order valence-corrected chi connectivity index (χ2v) is 2.91. The number of benzene rings is 1. The van der Waals surface area contributed by atoms with E-state index in [0.29, 0.717) is 13.2 Å². The molecule has 1 heterocycles. The van der Waals surface area contributed by atoms with Crippen molar-refractivity contribution in [2.45, 2.75) is 12.7 Å². The highest BCUT2D eigenvalue weighted by molar-refractivity contribution is 5.31. The summed E-state index contributed by atoms with van der Waals surface area (Å²) in [6, 6.07) is 8.23. The van der Waals surface area contributed by atoms with Gasteiger partial charge in [-0.05, 0) is 11.1 Å². The zero-order valence-corrected chi connectivity index (χ0v) is 6.79. The maximum absolute atomic E-state index is 5.52. The number of hydrogen-bond donors (Lipinski definition) is 2. The molecule has 0 aromatic heterocycles. The molecule has 3 N–H and O–H groups in total. The lowest BCUT2D eigenvalue weighted by molar-refractivity contribution is 0.0662. The van der Waals surface area contributed by atoms with Gasteiger partial charge in [-0.2, -0.15) is 0 Å². The third kappa shape index (κ3) is 1.22. The molecule has 3 nitrogen and oxygen atoms in total. The summed E-state index contributed by atoms with van der Waals surface area (Å²) in [6.07, 6.45) is 0.131. The summed E-state index contributed by atoms with van der Waals surface area (Å²) in [6.45, 7) is 1.39. The van der Waals surface area contributed by atoms with Crippen LogP contribution in [0.2, 0.25) is 0 Å². The predicted molar refractivity (Wildman–Crippen MR) is 46.2 cm³/mol. The van der Waals surface area contributed by atoms with Crippen LogP contribution in [0.5, 0.6) is 0 Å². The summed E-state index contributed by atoms with van der Waals surface area (Å²) in [7, 11) is 0. The van der Waals surface area contributed by atoms with Crippen molar-refractivity contribution >= 4 is 0 Å². The Morgan fingerprint density at radius 2 is 2.33 bits per heavy atom. The fourth-order valence-corrected chi connectivity index (χ4v) is 1.54. The molecule has 1 aromatic rings. The molecule has 1 aromatic carbocycles. The van der Waals surface area contributed by atoms with Crippen LogP contribution in [0.1, 0.15) is 17.2 Å². The van der Waals surface area contributed by atoms with Crippen LogP contribution >= 0.6 is 0 Å². The molecule has 0 spiro atoms. The molecule has 1 atom stereocenters. The second kappa shape index (κ2) is 3.23. The van der Waals surface area contributed by atoms with E-state index in [1.54, 1.807) is 0 Å². The number of hydrazine groups is 1. The summed E-state index contributed by atoms with van der Waals surface area (Å²) in [4.78, 5) is 0. The van der Waals surface area contributed by atoms with Crippen LogP contribution in [-0.4, -0.2) is 6.54 Å². The minimum absolute atomic E-state index is 0.131. The van der Waals surface area contributed by atoms with Crippen molar-refractivity contribution in [1.29, 1.82) is 0 Å². The molecule has 0 saturated heterocycles. The van der Waals surface area contributed by atoms with Crippen LogP contribution < -0.4 is 11.3 Å². The number of hydrogen-bond acceptors (Lipinski definition) is 3. The van der Waals surface area contributed by atoms with Crippen molar-refractivity contribution in [3.63, 3.8) is 0 Å². The Labute approximate surface area is 71.5 Å². The Bertz CT molecular complexity index is 273. The quantitative estimate of drug-likeness (QED) is 0.500. The molecule has 0 amide bonds. The molecule has 0 aliphatic carbocycles. The first kappa shape index (κ1) is 7.73. The molecule has 1 aliphatic heterocycles. The van der Waals surface area contributed by atoms with E-state index in [0.717, 1.165) is 0 Å². The molecule has 3 heteroatoms. The van der Waals surface area contributed by atoms with E-state index in [2.05, 4.69) is 17.6 Å². The minimum Gasteiger partial charge on any atom is -0.367 e. The van der Waals surface area contributed by atoms with Crippen LogP contribution in [-0.2, 0) is 11.3 Å². The topological polar surface area (TPSA) is 47.3 Å². The Kier molecular flexibility index (Phi) is 2.08. The molecular weight excluding hydrogens is 152 g/mol. The lowest BCUT2D eigenvalue weighted by Gasteiger charge is -2.08. The molecule has 0 saturated carbocycles. The highest BCUT2D eigenvalue weighted by Crippen LogP contribution is 2.29. The van der Waals surface area contributed by atoms with Gasteiger partial charge in [-0.3, -0.25) is 11.3 Å². The molecule has 0 radical (unpaired) electrons. The lowest BCUT2D eigenvalue weighted by Crippen LogP contribution is -2.27. The van der Waals surface area contributed by atoms with E-state index >= 15 is 0 Å². The van der Waals surface area contributed by atoms with Crippen LogP contribution in [0.15, 0.2) is 24.3 Å². The van der Waals surface area contributed by atoms with Crippen LogP contribution in [0, 0.1) is 0 Å². The maximum Gasteiger partial charge on any atom is 0.0971 e. The zero-order valence-electron chi connectivity index (χ0n) is 6.79. The number of fused-ring (bicyclic) bond motifs is 1. The molecule has 64 valence electrons. The molecule has 12 heavy (non-hydrogen) atoms. The van der Waals surface area contributed by atoms with E-state index in [1.807, 2.05) is 12.1 Å². The average molecular weight is 164 g/mol. The lowest BCUT2D eigenvalue weighted by atomic mass is 10.1. The van der Waals surface area contributed by atoms with Gasteiger partial charge in [0.2, 0.25) is 0 Å². The Morgan fingerprint density at radius 3 is 3.17 bits per heavy atom. The third-order valence-electron chi connectivity index (χ3n) is 2.15. The van der Waals surface area contributed by atoms with Gasteiger partial charge in [-0.15, -0.1) is 0 Å². The number of nitrogens with two attached hydrogens (primary N) is 1. The summed E-state index contributed by atoms with van der Waals surface area (Å²) in [5.41, 5.74) is 5.16. The smallest absolute Gasteiger partial charge is 0.0971 e. The highest BCUT2D eigenvalue weighted by atomic mass is 16.5. The van der Waals surface area contributed by atoms with Gasteiger partial charge in [0.1, 0.15) is 0 Å². The number of ether oxygens (including phenoxy) is 1. The summed E-state index contributed by atoms with van der Waals surface area (Å²) in [5.74, 6) is 5.24. The zero-order chi connectivity index (χ0) is 8.39. The van der Waals surface area contributed by atoms with E-state index in [4.69, 9.17) is 10.6 Å². The molecule has 0 bridgehead atoms. The van der Waals surface area contributed by atoms with Gasteiger partial charge in [0.05, 0.1) is 12.7 Å². The highest BCUT2D eigenvalue weighted by Gasteiger charge is 2.21. The van der Waals surface area contributed by atoms with Gasteiger partial charge in [-0.1, -0.05) is 24.3 Å². The van der Waals surface area contributed by atoms with Crippen LogP contribution in [0.4, 0.5) is 0 Å². The van der Waals surface area contributed by atoms with Crippen molar-refractivity contribution in [2.75, 3.05) is 6.54 Å². The monoisotopic (exact) mass is 164 g/mol. The third-order valence-corrected chi connectivity index (χ3v) is 2.15. The van der Waals surface area contributed by atoms with Gasteiger partial charge in [-0.25, -0.2) is 0 Å². The Balaban J connectivity index is 2.24. The van der Waals surface area contributed by atoms with Crippen molar-refractivity contribution < 1.29 is 4.74 Å². The fraction of sp³-hybridized carbons (Fsp3) is 0.333. The van der Waals surface area contributed by atoms with E-state index in [-0.39, 0.29) is 6.10 Å². The molecular formula is C9H12N2O. The van der Waals surface area contributed by atoms with Crippen LogP contribution in [0.25, 0.3) is 0 Å². The number of rotatable bonds is 2. The number of nitrogens with one attached hydrogen (secondary N) is 1. The average Bonchev–Trinajstić information content (AvgIpc) is 2.50.